The van der Waals surface area contributed by atoms with Crippen molar-refractivity contribution in [2.75, 3.05) is 49.0 Å². The van der Waals surface area contributed by atoms with Crippen molar-refractivity contribution < 1.29 is 17.9 Å². The van der Waals surface area contributed by atoms with Crippen LogP contribution < -0.4 is 19.7 Å². The number of fused-ring (bicyclic) bond motifs is 1. The first-order valence-electron chi connectivity index (χ1n) is 9.65. The van der Waals surface area contributed by atoms with Crippen molar-refractivity contribution in [2.45, 2.75) is 31.7 Å². The van der Waals surface area contributed by atoms with E-state index in [2.05, 4.69) is 10.2 Å². The van der Waals surface area contributed by atoms with Gasteiger partial charge in [0.15, 0.2) is 21.3 Å². The zero-order valence-electron chi connectivity index (χ0n) is 16.3. The number of benzene rings is 1. The fraction of sp³-hybridized carbons (Fsp3) is 0.579. The maximum Gasteiger partial charge on any atom is 0.227 e. The fourth-order valence-corrected chi connectivity index (χ4v) is 5.58. The second-order valence-corrected chi connectivity index (χ2v) is 9.62. The van der Waals surface area contributed by atoms with Crippen LogP contribution in [0.15, 0.2) is 12.1 Å². The van der Waals surface area contributed by atoms with E-state index in [1.807, 2.05) is 12.1 Å². The van der Waals surface area contributed by atoms with Gasteiger partial charge in [-0.2, -0.15) is 4.98 Å². The van der Waals surface area contributed by atoms with E-state index in [9.17, 15) is 8.42 Å². The first-order valence-corrected chi connectivity index (χ1v) is 11.5. The maximum atomic E-state index is 12.1. The molecule has 2 saturated heterocycles. The first-order chi connectivity index (χ1) is 13.5. The van der Waals surface area contributed by atoms with Gasteiger partial charge in [-0.3, -0.25) is 0 Å². The Morgan fingerprint density at radius 1 is 1.07 bits per heavy atom. The molecule has 1 N–H and O–H groups in total. The van der Waals surface area contributed by atoms with Gasteiger partial charge in [-0.05, 0) is 31.7 Å². The van der Waals surface area contributed by atoms with Gasteiger partial charge in [0.05, 0.1) is 31.2 Å². The molecule has 8 nitrogen and oxygen atoms in total. The third-order valence-corrected chi connectivity index (χ3v) is 7.20. The largest absolute Gasteiger partial charge is 0.493 e. The molecule has 1 atom stereocenters. The number of hydrogen-bond acceptors (Lipinski definition) is 8. The summed E-state index contributed by atoms with van der Waals surface area (Å²) < 4.78 is 35.0. The molecule has 4 rings (SSSR count). The van der Waals surface area contributed by atoms with Gasteiger partial charge in [0.2, 0.25) is 5.95 Å². The summed E-state index contributed by atoms with van der Waals surface area (Å²) in [4.78, 5) is 11.7. The molecule has 2 aliphatic rings. The Hall–Kier alpha value is -2.29. The van der Waals surface area contributed by atoms with E-state index in [1.54, 1.807) is 14.2 Å². The predicted octanol–water partition coefficient (Wildman–Crippen LogP) is 2.24. The smallest absolute Gasteiger partial charge is 0.227 e. The average molecular weight is 407 g/mol. The Kier molecular flexibility index (Phi) is 5.18. The molecule has 0 amide bonds. The van der Waals surface area contributed by atoms with Gasteiger partial charge >= 0.3 is 0 Å². The highest BCUT2D eigenvalue weighted by molar-refractivity contribution is 7.91. The zero-order chi connectivity index (χ0) is 19.7. The SMILES string of the molecule is COc1cc2nc(N3CCCC3)nc(NC3CCCS(=O)(=O)C3)c2cc1OC. The molecular weight excluding hydrogens is 380 g/mol. The minimum atomic E-state index is -3.02. The lowest BCUT2D eigenvalue weighted by Crippen LogP contribution is -2.35. The van der Waals surface area contributed by atoms with E-state index in [0.29, 0.717) is 29.7 Å². The molecule has 1 unspecified atom stereocenters. The van der Waals surface area contributed by atoms with Crippen molar-refractivity contribution in [1.29, 1.82) is 0 Å². The van der Waals surface area contributed by atoms with E-state index in [0.717, 1.165) is 43.3 Å². The molecule has 0 bridgehead atoms. The lowest BCUT2D eigenvalue weighted by molar-refractivity contribution is 0.356. The monoisotopic (exact) mass is 406 g/mol. The molecule has 0 saturated carbocycles. The predicted molar refractivity (Wildman–Crippen MR) is 109 cm³/mol. The number of sulfone groups is 1. The van der Waals surface area contributed by atoms with Crippen molar-refractivity contribution in [3.63, 3.8) is 0 Å². The van der Waals surface area contributed by atoms with E-state index in [-0.39, 0.29) is 17.5 Å². The number of nitrogens with one attached hydrogen (secondary N) is 1. The molecule has 0 radical (unpaired) electrons. The number of rotatable bonds is 5. The molecule has 3 heterocycles. The van der Waals surface area contributed by atoms with Crippen LogP contribution in [0.1, 0.15) is 25.7 Å². The van der Waals surface area contributed by atoms with Gasteiger partial charge in [-0.25, -0.2) is 13.4 Å². The molecule has 9 heteroatoms. The fourth-order valence-electron chi connectivity index (χ4n) is 3.94. The molecule has 2 fully saturated rings. The lowest BCUT2D eigenvalue weighted by Gasteiger charge is -2.25. The lowest BCUT2D eigenvalue weighted by atomic mass is 10.1. The molecule has 28 heavy (non-hydrogen) atoms. The maximum absolute atomic E-state index is 12.1. The van der Waals surface area contributed by atoms with Crippen LogP contribution in [0.5, 0.6) is 11.5 Å². The highest BCUT2D eigenvalue weighted by Crippen LogP contribution is 2.36. The standard InChI is InChI=1S/C19H26N4O4S/c1-26-16-10-14-15(11-17(16)27-2)21-19(23-7-3-4-8-23)22-18(14)20-13-6-5-9-28(24,25)12-13/h10-11,13H,3-9,12H2,1-2H3,(H,20,21,22). The molecule has 1 aromatic heterocycles. The highest BCUT2D eigenvalue weighted by atomic mass is 32.2. The van der Waals surface area contributed by atoms with Crippen molar-refractivity contribution in [2.24, 2.45) is 0 Å². The van der Waals surface area contributed by atoms with Crippen molar-refractivity contribution in [3.05, 3.63) is 12.1 Å². The van der Waals surface area contributed by atoms with Gasteiger partial charge in [-0.15, -0.1) is 0 Å². The van der Waals surface area contributed by atoms with Gasteiger partial charge in [0.1, 0.15) is 5.82 Å². The van der Waals surface area contributed by atoms with Crippen molar-refractivity contribution in [1.82, 2.24) is 9.97 Å². The summed E-state index contributed by atoms with van der Waals surface area (Å²) in [7, 11) is 0.167. The highest BCUT2D eigenvalue weighted by Gasteiger charge is 2.26. The first kappa shape index (κ1) is 19.0. The molecule has 1 aromatic carbocycles. The third kappa shape index (κ3) is 3.80. The summed E-state index contributed by atoms with van der Waals surface area (Å²) in [6.07, 6.45) is 3.71. The van der Waals surface area contributed by atoms with Gasteiger partial charge in [0, 0.05) is 30.6 Å². The summed E-state index contributed by atoms with van der Waals surface area (Å²) in [5.41, 5.74) is 0.746. The average Bonchev–Trinajstić information content (AvgIpc) is 3.21. The minimum absolute atomic E-state index is 0.130. The topological polar surface area (TPSA) is 93.6 Å². The number of nitrogens with zero attached hydrogens (tertiary/aromatic N) is 3. The number of hydrogen-bond donors (Lipinski definition) is 1. The Balaban J connectivity index is 1.79. The van der Waals surface area contributed by atoms with Crippen LogP contribution >= 0.6 is 0 Å². The van der Waals surface area contributed by atoms with E-state index >= 15 is 0 Å². The zero-order valence-corrected chi connectivity index (χ0v) is 17.1. The van der Waals surface area contributed by atoms with Crippen LogP contribution in [0, 0.1) is 0 Å². The molecule has 2 aliphatic heterocycles. The van der Waals surface area contributed by atoms with Crippen LogP contribution in [0.25, 0.3) is 10.9 Å². The Morgan fingerprint density at radius 2 is 1.79 bits per heavy atom. The van der Waals surface area contributed by atoms with Crippen LogP contribution in [0.2, 0.25) is 0 Å². The van der Waals surface area contributed by atoms with E-state index < -0.39 is 9.84 Å². The number of aromatic nitrogens is 2. The van der Waals surface area contributed by atoms with Crippen LogP contribution in [0.4, 0.5) is 11.8 Å². The number of anilines is 2. The molecule has 2 aromatic rings. The normalized spacial score (nSPS) is 21.6. The second kappa shape index (κ2) is 7.62. The second-order valence-electron chi connectivity index (χ2n) is 7.39. The van der Waals surface area contributed by atoms with Crippen molar-refractivity contribution >= 4 is 32.5 Å². The van der Waals surface area contributed by atoms with E-state index in [1.165, 1.54) is 0 Å². The van der Waals surface area contributed by atoms with E-state index in [4.69, 9.17) is 19.4 Å². The van der Waals surface area contributed by atoms with Crippen LogP contribution in [-0.4, -0.2) is 63.2 Å². The van der Waals surface area contributed by atoms with Crippen LogP contribution in [-0.2, 0) is 9.84 Å². The Bertz CT molecular complexity index is 974. The Labute approximate surface area is 165 Å². The van der Waals surface area contributed by atoms with Gasteiger partial charge < -0.3 is 19.7 Å². The third-order valence-electron chi connectivity index (χ3n) is 5.38. The summed E-state index contributed by atoms with van der Waals surface area (Å²) in [6, 6.07) is 3.54. The summed E-state index contributed by atoms with van der Waals surface area (Å²) >= 11 is 0. The number of methoxy groups -OCH3 is 2. The summed E-state index contributed by atoms with van der Waals surface area (Å²) in [6.45, 7) is 1.85. The molecular formula is C19H26N4O4S. The van der Waals surface area contributed by atoms with Crippen LogP contribution in [0.3, 0.4) is 0 Å². The quantitative estimate of drug-likeness (QED) is 0.808. The summed E-state index contributed by atoms with van der Waals surface area (Å²) in [5, 5.41) is 4.17. The Morgan fingerprint density at radius 3 is 2.46 bits per heavy atom. The molecule has 152 valence electrons. The molecule has 0 spiro atoms. The van der Waals surface area contributed by atoms with Gasteiger partial charge in [-0.1, -0.05) is 0 Å². The van der Waals surface area contributed by atoms with Crippen molar-refractivity contribution in [3.8, 4) is 11.5 Å². The van der Waals surface area contributed by atoms with Gasteiger partial charge in [0.25, 0.3) is 0 Å². The molecule has 0 aliphatic carbocycles. The number of ether oxygens (including phenoxy) is 2. The minimum Gasteiger partial charge on any atom is -0.493 e. The summed E-state index contributed by atoms with van der Waals surface area (Å²) in [5.74, 6) is 2.90.